The summed E-state index contributed by atoms with van der Waals surface area (Å²) in [4.78, 5) is 42.1. The molecule has 0 radical (unpaired) electrons. The van der Waals surface area contributed by atoms with E-state index in [9.17, 15) is 14.4 Å². The molecule has 7 nitrogen and oxygen atoms in total. The number of thioether (sulfide) groups is 1. The number of nitrogens with zero attached hydrogens (tertiary/aromatic N) is 1. The smallest absolute Gasteiger partial charge is 0.340 e. The highest BCUT2D eigenvalue weighted by Gasteiger charge is 2.29. The minimum Gasteiger partial charge on any atom is -0.456 e. The summed E-state index contributed by atoms with van der Waals surface area (Å²) in [5.74, 6) is 1.09. The molecule has 1 aliphatic heterocycles. The number of rotatable bonds is 11. The Balaban J connectivity index is 1.35. The van der Waals surface area contributed by atoms with Crippen molar-refractivity contribution >= 4 is 40.9 Å². The van der Waals surface area contributed by atoms with Gasteiger partial charge in [0.25, 0.3) is 5.91 Å². The molecule has 0 bridgehead atoms. The van der Waals surface area contributed by atoms with Gasteiger partial charge in [-0.05, 0) is 63.7 Å². The standard InChI is InChI=1S/C32H45N3O4S2/c1-32(2,3)39-31(38)27-21-41-20-26(27)29(36)34-28(22-40-19-24-12-8-5-9-13-24)30(37)33-25-14-16-35(17-15-25)18-23-10-6-4-7-11-23/h4,6-7,10-11,20-21,24-25,28H,5,8-9,12-19,22H2,1-3H3,(H,33,37)(H,34,36). The Morgan fingerprint density at radius 1 is 1.00 bits per heavy atom. The molecule has 224 valence electrons. The van der Waals surface area contributed by atoms with E-state index in [0.717, 1.165) is 38.2 Å². The average molecular weight is 600 g/mol. The molecule has 2 heterocycles. The zero-order chi connectivity index (χ0) is 29.2. The molecule has 2 aromatic rings. The summed E-state index contributed by atoms with van der Waals surface area (Å²) in [6.07, 6.45) is 8.11. The summed E-state index contributed by atoms with van der Waals surface area (Å²) in [5, 5.41) is 9.48. The van der Waals surface area contributed by atoms with E-state index in [0.29, 0.717) is 11.7 Å². The number of esters is 1. The lowest BCUT2D eigenvalue weighted by Gasteiger charge is -2.33. The molecule has 0 spiro atoms. The van der Waals surface area contributed by atoms with Crippen molar-refractivity contribution in [3.63, 3.8) is 0 Å². The summed E-state index contributed by atoms with van der Waals surface area (Å²) >= 11 is 3.02. The van der Waals surface area contributed by atoms with E-state index in [1.54, 1.807) is 43.3 Å². The second-order valence-corrected chi connectivity index (χ2v) is 14.1. The molecule has 1 atom stereocenters. The molecule has 1 aromatic heterocycles. The van der Waals surface area contributed by atoms with Crippen molar-refractivity contribution in [2.45, 2.75) is 89.9 Å². The van der Waals surface area contributed by atoms with Crippen LogP contribution in [0.5, 0.6) is 0 Å². The van der Waals surface area contributed by atoms with Crippen molar-refractivity contribution < 1.29 is 19.1 Å². The maximum Gasteiger partial charge on any atom is 0.340 e. The third-order valence-corrected chi connectivity index (χ3v) is 9.71. The zero-order valence-electron chi connectivity index (χ0n) is 24.7. The fourth-order valence-electron chi connectivity index (χ4n) is 5.47. The van der Waals surface area contributed by atoms with Crippen LogP contribution in [0.25, 0.3) is 0 Å². The fourth-order valence-corrected chi connectivity index (χ4v) is 7.54. The first-order chi connectivity index (χ1) is 19.7. The Kier molecular flexibility index (Phi) is 11.7. The van der Waals surface area contributed by atoms with Gasteiger partial charge >= 0.3 is 5.97 Å². The number of carbonyl (C=O) groups is 3. The van der Waals surface area contributed by atoms with Crippen molar-refractivity contribution in [2.24, 2.45) is 5.92 Å². The number of benzene rings is 1. The van der Waals surface area contributed by atoms with Gasteiger partial charge in [-0.3, -0.25) is 14.5 Å². The van der Waals surface area contributed by atoms with Crippen molar-refractivity contribution in [1.82, 2.24) is 15.5 Å². The number of nitrogens with one attached hydrogen (secondary N) is 2. The summed E-state index contributed by atoms with van der Waals surface area (Å²) in [7, 11) is 0. The Labute approximate surface area is 253 Å². The summed E-state index contributed by atoms with van der Waals surface area (Å²) in [5.41, 5.74) is 1.13. The SMILES string of the molecule is CC(C)(C)OC(=O)c1cscc1C(=O)NC(CSCC1CCCCC1)C(=O)NC1CCN(Cc2ccccc2)CC1. The molecule has 1 aliphatic carbocycles. The molecular formula is C32H45N3O4S2. The van der Waals surface area contributed by atoms with Crippen molar-refractivity contribution in [2.75, 3.05) is 24.6 Å². The highest BCUT2D eigenvalue weighted by Crippen LogP contribution is 2.27. The van der Waals surface area contributed by atoms with Crippen molar-refractivity contribution in [1.29, 1.82) is 0 Å². The molecule has 41 heavy (non-hydrogen) atoms. The number of hydrogen-bond acceptors (Lipinski definition) is 7. The van der Waals surface area contributed by atoms with Gasteiger partial charge in [0, 0.05) is 42.2 Å². The van der Waals surface area contributed by atoms with Gasteiger partial charge in [-0.1, -0.05) is 49.6 Å². The van der Waals surface area contributed by atoms with Crippen LogP contribution < -0.4 is 10.6 Å². The van der Waals surface area contributed by atoms with Crippen LogP contribution >= 0.6 is 23.1 Å². The van der Waals surface area contributed by atoms with E-state index >= 15 is 0 Å². The molecule has 1 saturated carbocycles. The van der Waals surface area contributed by atoms with Crippen molar-refractivity contribution in [3.8, 4) is 0 Å². The lowest BCUT2D eigenvalue weighted by molar-refractivity contribution is -0.123. The van der Waals surface area contributed by atoms with Crippen LogP contribution in [0.1, 0.15) is 92.0 Å². The number of piperidine rings is 1. The van der Waals surface area contributed by atoms with Gasteiger partial charge in [0.05, 0.1) is 11.1 Å². The van der Waals surface area contributed by atoms with E-state index in [-0.39, 0.29) is 23.1 Å². The van der Waals surface area contributed by atoms with Crippen LogP contribution in [0.3, 0.4) is 0 Å². The van der Waals surface area contributed by atoms with Crippen LogP contribution in [0, 0.1) is 5.92 Å². The van der Waals surface area contributed by atoms with Crippen LogP contribution in [-0.4, -0.2) is 65.0 Å². The van der Waals surface area contributed by atoms with Crippen LogP contribution in [0.4, 0.5) is 0 Å². The topological polar surface area (TPSA) is 87.7 Å². The molecule has 9 heteroatoms. The van der Waals surface area contributed by atoms with Gasteiger partial charge in [0.15, 0.2) is 0 Å². The second-order valence-electron chi connectivity index (χ2n) is 12.3. The first-order valence-corrected chi connectivity index (χ1v) is 17.0. The minimum atomic E-state index is -0.676. The summed E-state index contributed by atoms with van der Waals surface area (Å²) < 4.78 is 5.50. The number of carbonyl (C=O) groups excluding carboxylic acids is 3. The first-order valence-electron chi connectivity index (χ1n) is 14.9. The van der Waals surface area contributed by atoms with Crippen LogP contribution in [0.2, 0.25) is 0 Å². The van der Waals surface area contributed by atoms with Crippen LogP contribution in [-0.2, 0) is 16.1 Å². The zero-order valence-corrected chi connectivity index (χ0v) is 26.3. The Morgan fingerprint density at radius 3 is 2.37 bits per heavy atom. The first kappa shape index (κ1) is 31.6. The molecule has 2 aliphatic rings. The summed E-state index contributed by atoms with van der Waals surface area (Å²) in [6.45, 7) is 8.15. The third-order valence-electron chi connectivity index (χ3n) is 7.69. The van der Waals surface area contributed by atoms with Gasteiger partial charge in [0.1, 0.15) is 11.6 Å². The number of hydrogen-bond donors (Lipinski definition) is 2. The Morgan fingerprint density at radius 2 is 1.68 bits per heavy atom. The predicted octanol–water partition coefficient (Wildman–Crippen LogP) is 5.90. The van der Waals surface area contributed by atoms with Gasteiger partial charge < -0.3 is 15.4 Å². The van der Waals surface area contributed by atoms with E-state index in [4.69, 9.17) is 4.74 Å². The van der Waals surface area contributed by atoms with E-state index in [2.05, 4.69) is 39.8 Å². The van der Waals surface area contributed by atoms with Gasteiger partial charge in [-0.2, -0.15) is 23.1 Å². The predicted molar refractivity (Wildman–Crippen MR) is 168 cm³/mol. The quantitative estimate of drug-likeness (QED) is 0.313. The number of ether oxygens (including phenoxy) is 1. The normalized spacial score (nSPS) is 18.0. The van der Waals surface area contributed by atoms with Crippen LogP contribution in [0.15, 0.2) is 41.1 Å². The highest BCUT2D eigenvalue weighted by atomic mass is 32.2. The van der Waals surface area contributed by atoms with Gasteiger partial charge in [-0.25, -0.2) is 4.79 Å². The number of amides is 2. The largest absolute Gasteiger partial charge is 0.456 e. The number of likely N-dealkylation sites (tertiary alicyclic amines) is 1. The van der Waals surface area contributed by atoms with Crippen molar-refractivity contribution in [3.05, 3.63) is 57.8 Å². The van der Waals surface area contributed by atoms with E-state index in [1.165, 1.54) is 49.0 Å². The van der Waals surface area contributed by atoms with Gasteiger partial charge in [0.2, 0.25) is 5.91 Å². The summed E-state index contributed by atoms with van der Waals surface area (Å²) in [6, 6.07) is 9.86. The lowest BCUT2D eigenvalue weighted by atomic mass is 9.91. The maximum absolute atomic E-state index is 13.5. The Hall–Kier alpha value is -2.36. The molecule has 2 amide bonds. The molecule has 4 rings (SSSR count). The molecule has 2 fully saturated rings. The molecular weight excluding hydrogens is 555 g/mol. The Bertz CT molecular complexity index is 1130. The maximum atomic E-state index is 13.5. The number of thiophene rings is 1. The third kappa shape index (κ3) is 10.1. The average Bonchev–Trinajstić information content (AvgIpc) is 3.44. The molecule has 1 saturated heterocycles. The van der Waals surface area contributed by atoms with Gasteiger partial charge in [-0.15, -0.1) is 0 Å². The molecule has 2 N–H and O–H groups in total. The highest BCUT2D eigenvalue weighted by molar-refractivity contribution is 7.99. The van der Waals surface area contributed by atoms with E-state index in [1.807, 2.05) is 6.07 Å². The fraction of sp³-hybridized carbons (Fsp3) is 0.594. The van der Waals surface area contributed by atoms with E-state index < -0.39 is 23.5 Å². The molecule has 1 unspecified atom stereocenters. The lowest BCUT2D eigenvalue weighted by Crippen LogP contribution is -2.53. The monoisotopic (exact) mass is 599 g/mol. The second kappa shape index (κ2) is 15.2. The minimum absolute atomic E-state index is 0.0794. The molecule has 1 aromatic carbocycles.